The third-order valence-corrected chi connectivity index (χ3v) is 22.5. The molecular weight excluding hydrogens is 1380 g/mol. The van der Waals surface area contributed by atoms with Crippen LogP contribution in [0.15, 0.2) is 170 Å². The van der Waals surface area contributed by atoms with E-state index in [-0.39, 0.29) is 11.6 Å². The molecule has 8 aromatic carbocycles. The number of aromatic nitrogens is 4. The summed E-state index contributed by atoms with van der Waals surface area (Å²) in [4.78, 5) is 9.57. The van der Waals surface area contributed by atoms with Gasteiger partial charge in [-0.25, -0.2) is 8.78 Å². The zero-order valence-corrected chi connectivity index (χ0v) is 64.4. The highest BCUT2D eigenvalue weighted by Crippen LogP contribution is 2.43. The van der Waals surface area contributed by atoms with Crippen molar-refractivity contribution in [1.29, 1.82) is 0 Å². The molecule has 0 fully saturated rings. The second kappa shape index (κ2) is 31.4. The van der Waals surface area contributed by atoms with Crippen LogP contribution in [-0.2, 0) is 38.8 Å². The molecule has 0 bridgehead atoms. The van der Waals surface area contributed by atoms with Crippen molar-refractivity contribution in [2.45, 2.75) is 106 Å². The molecule has 2 atom stereocenters. The average Bonchev–Trinajstić information content (AvgIpc) is 1.61. The smallest absolute Gasteiger partial charge is 0.123 e. The van der Waals surface area contributed by atoms with Gasteiger partial charge in [0.1, 0.15) is 11.6 Å². The van der Waals surface area contributed by atoms with Gasteiger partial charge in [-0.3, -0.25) is 9.80 Å². The first-order chi connectivity index (χ1) is 49.5. The van der Waals surface area contributed by atoms with Gasteiger partial charge in [-0.1, -0.05) is 125 Å². The van der Waals surface area contributed by atoms with Crippen molar-refractivity contribution < 1.29 is 8.78 Å². The Morgan fingerprint density at radius 1 is 0.388 bits per heavy atom. The first kappa shape index (κ1) is 73.3. The molecule has 4 aromatic heterocycles. The van der Waals surface area contributed by atoms with Crippen LogP contribution in [0.25, 0.3) is 90.7 Å². The molecule has 0 spiro atoms. The van der Waals surface area contributed by atoms with Crippen LogP contribution in [0.2, 0.25) is 25.1 Å². The largest absolute Gasteiger partial charge is 0.318 e. The summed E-state index contributed by atoms with van der Waals surface area (Å²) in [5.41, 5.74) is 26.5. The predicted molar refractivity (Wildman–Crippen MR) is 437 cm³/mol. The average molecular weight is 1470 g/mol. The molecule has 0 saturated carbocycles. The Labute approximate surface area is 630 Å². The number of hydrogen-bond acceptors (Lipinski definition) is 4. The van der Waals surface area contributed by atoms with E-state index in [1.54, 1.807) is 0 Å². The number of aryl methyl sites for hydroxylation is 1. The Bertz CT molecular complexity index is 5100. The van der Waals surface area contributed by atoms with Gasteiger partial charge in [-0.2, -0.15) is 0 Å². The maximum Gasteiger partial charge on any atom is 0.123 e. The number of rotatable bonds is 9. The van der Waals surface area contributed by atoms with Crippen LogP contribution in [0.1, 0.15) is 133 Å². The van der Waals surface area contributed by atoms with Crippen LogP contribution >= 0.6 is 58.0 Å². The number of benzene rings is 8. The fourth-order valence-corrected chi connectivity index (χ4v) is 16.3. The minimum absolute atomic E-state index is 0.211. The quantitative estimate of drug-likeness (QED) is 0.144. The standard InChI is InChI=1S/C23H24ClFN2.C22H22ClFN2.C22H23ClN2.C21H20Cl2N2/c1-4-21-23-19(11-12-26(21)3)20-13-17(24)7-10-22(20)27(23)14-15(2)16-5-8-18(25)9-6-16;1-14(16-4-7-18(24)8-5-16)13-26-21-9-6-17(23)12-20(21)19-10-11-25(3)15(2)22(19)26;1-15-4-9-21-20(12-15)19-10-11-24(3)14-22(19)25(21)13-16(2)17-5-7-18(23)8-6-17;1-14(15-3-5-16(22)6-4-15)12-25-20-8-7-17(23)11-19(20)18-9-10-24(2)13-21(18)25/h5-10,13-14,21H,4,11-12H2,1-3H3;4-9,12-13,15H,10-11H2,1-3H3;4-9,12-13H,10-11,14H2,1-3H3;3-8,11-12H,9-10,13H2,1-2H3/b15-14+;14-13+;16-13+;14-12+. The molecule has 16 rings (SSSR count). The van der Waals surface area contributed by atoms with E-state index < -0.39 is 0 Å². The molecule has 0 radical (unpaired) electrons. The van der Waals surface area contributed by atoms with E-state index in [0.717, 1.165) is 119 Å². The van der Waals surface area contributed by atoms with Gasteiger partial charge in [0.05, 0.1) is 28.1 Å². The van der Waals surface area contributed by atoms with Crippen LogP contribution in [0.5, 0.6) is 0 Å². The second-order valence-corrected chi connectivity index (χ2v) is 30.6. The summed E-state index contributed by atoms with van der Waals surface area (Å²) in [5.74, 6) is -0.423. The van der Waals surface area contributed by atoms with Crippen molar-refractivity contribution in [1.82, 2.24) is 37.9 Å². The first-order valence-electron chi connectivity index (χ1n) is 35.6. The second-order valence-electron chi connectivity index (χ2n) is 28.4. The number of allylic oxidation sites excluding steroid dienone is 4. The van der Waals surface area contributed by atoms with E-state index in [0.29, 0.717) is 12.1 Å². The van der Waals surface area contributed by atoms with Crippen molar-refractivity contribution in [3.8, 4) is 0 Å². The molecule has 0 amide bonds. The van der Waals surface area contributed by atoms with Crippen LogP contribution in [0, 0.1) is 18.6 Å². The highest BCUT2D eigenvalue weighted by atomic mass is 35.5. The molecule has 4 aliphatic heterocycles. The number of likely N-dealkylation sites (N-methyl/N-ethyl adjacent to an activating group) is 4. The van der Waals surface area contributed by atoms with E-state index in [4.69, 9.17) is 58.0 Å². The molecule has 0 N–H and O–H groups in total. The van der Waals surface area contributed by atoms with Crippen molar-refractivity contribution >= 4 is 149 Å². The van der Waals surface area contributed by atoms with Gasteiger partial charge < -0.3 is 28.1 Å². The molecule has 0 aliphatic carbocycles. The molecule has 103 heavy (non-hydrogen) atoms. The summed E-state index contributed by atoms with van der Waals surface area (Å²) in [6, 6.07) is 55.4. The van der Waals surface area contributed by atoms with Gasteiger partial charge in [0.25, 0.3) is 0 Å². The van der Waals surface area contributed by atoms with Crippen LogP contribution in [0.4, 0.5) is 8.78 Å². The summed E-state index contributed by atoms with van der Waals surface area (Å²) in [5, 5.41) is 9.03. The molecule has 8 heterocycles. The zero-order valence-electron chi connectivity index (χ0n) is 60.6. The fraction of sp³-hybridized carbons (Fsp3) is 0.273. The molecule has 0 saturated heterocycles. The molecule has 15 heteroatoms. The Morgan fingerprint density at radius 3 is 1.13 bits per heavy atom. The molecule has 530 valence electrons. The maximum atomic E-state index is 13.3. The maximum absolute atomic E-state index is 13.3. The zero-order chi connectivity index (χ0) is 72.7. The van der Waals surface area contributed by atoms with Crippen molar-refractivity contribution in [3.63, 3.8) is 0 Å². The Hall–Kier alpha value is -7.97. The summed E-state index contributed by atoms with van der Waals surface area (Å²) in [6.07, 6.45) is 14.1. The van der Waals surface area contributed by atoms with Crippen molar-refractivity contribution in [3.05, 3.63) is 279 Å². The Kier molecular flexibility index (Phi) is 22.3. The fourth-order valence-electron chi connectivity index (χ4n) is 15.6. The lowest BCUT2D eigenvalue weighted by Crippen LogP contribution is -2.32. The minimum Gasteiger partial charge on any atom is -0.318 e. The number of halogens is 7. The molecule has 2 unspecified atom stereocenters. The van der Waals surface area contributed by atoms with Crippen LogP contribution < -0.4 is 0 Å². The van der Waals surface area contributed by atoms with Gasteiger partial charge >= 0.3 is 0 Å². The summed E-state index contributed by atoms with van der Waals surface area (Å²) >= 11 is 30.9. The predicted octanol–water partition coefficient (Wildman–Crippen LogP) is 24.0. The van der Waals surface area contributed by atoms with Crippen LogP contribution in [0.3, 0.4) is 0 Å². The number of nitrogens with zero attached hydrogens (tertiary/aromatic N) is 8. The van der Waals surface area contributed by atoms with Gasteiger partial charge in [0.15, 0.2) is 0 Å². The van der Waals surface area contributed by atoms with Gasteiger partial charge in [-0.05, 0) is 284 Å². The van der Waals surface area contributed by atoms with Crippen molar-refractivity contribution in [2.75, 3.05) is 54.4 Å². The third-order valence-electron chi connectivity index (χ3n) is 21.3. The third kappa shape index (κ3) is 15.6. The molecule has 12 aromatic rings. The van der Waals surface area contributed by atoms with E-state index in [9.17, 15) is 8.78 Å². The topological polar surface area (TPSA) is 32.7 Å². The Balaban J connectivity index is 0.000000122. The highest BCUT2D eigenvalue weighted by molar-refractivity contribution is 6.32. The number of fused-ring (bicyclic) bond motifs is 12. The SMILES string of the molecule is C/C(=C\n1c2c(c3cc(C)ccc31)CCN(C)C2)c1ccc(Cl)cc1.C/C(=C\n1c2c(c3cc(Cl)ccc31)CCN(C)C2)c1ccc(Cl)cc1.C/C(=C\n1c2c(c3cc(Cl)ccc31)CCN(C)C2C)c1ccc(F)cc1.CCC1c2c(c3cc(Cl)ccc3n2/C=C(\C)c2ccc(F)cc2)CCN1C. The molecule has 4 aliphatic rings. The normalized spacial score (nSPS) is 17.0. The van der Waals surface area contributed by atoms with E-state index in [1.165, 1.54) is 141 Å². The lowest BCUT2D eigenvalue weighted by Gasteiger charge is -2.33. The Morgan fingerprint density at radius 2 is 0.709 bits per heavy atom. The monoisotopic (exact) mass is 1470 g/mol. The molecular formula is C88H89Cl5F2N8. The molecule has 8 nitrogen and oxygen atoms in total. The van der Waals surface area contributed by atoms with Gasteiger partial charge in [0.2, 0.25) is 0 Å². The lowest BCUT2D eigenvalue weighted by molar-refractivity contribution is 0.220. The summed E-state index contributed by atoms with van der Waals surface area (Å²) in [7, 11) is 8.74. The summed E-state index contributed by atoms with van der Waals surface area (Å²) < 4.78 is 35.9. The lowest BCUT2D eigenvalue weighted by atomic mass is 9.96. The van der Waals surface area contributed by atoms with E-state index in [2.05, 4.69) is 218 Å². The van der Waals surface area contributed by atoms with E-state index in [1.807, 2.05) is 66.7 Å². The van der Waals surface area contributed by atoms with Gasteiger partial charge in [0, 0.05) is 140 Å². The minimum atomic E-state index is -0.213. The van der Waals surface area contributed by atoms with Crippen LogP contribution in [-0.4, -0.2) is 92.2 Å². The van der Waals surface area contributed by atoms with E-state index >= 15 is 0 Å². The number of hydrogen-bond donors (Lipinski definition) is 0. The highest BCUT2D eigenvalue weighted by Gasteiger charge is 2.31. The van der Waals surface area contributed by atoms with Crippen molar-refractivity contribution in [2.24, 2.45) is 0 Å². The summed E-state index contributed by atoms with van der Waals surface area (Å²) in [6.45, 7) is 21.4. The first-order valence-corrected chi connectivity index (χ1v) is 37.5. The van der Waals surface area contributed by atoms with Gasteiger partial charge in [-0.15, -0.1) is 0 Å².